The molecule has 0 heterocycles. The second-order valence-corrected chi connectivity index (χ2v) is 8.13. The highest BCUT2D eigenvalue weighted by atomic mass is 16.6. The molecular formula is C27H30N4O4. The summed E-state index contributed by atoms with van der Waals surface area (Å²) in [6.07, 6.45) is 3.81. The minimum atomic E-state index is -0.489. The summed E-state index contributed by atoms with van der Waals surface area (Å²) in [5.41, 5.74) is 2.95. The van der Waals surface area contributed by atoms with Gasteiger partial charge in [0.15, 0.2) is 0 Å². The van der Waals surface area contributed by atoms with Crippen molar-refractivity contribution in [2.45, 2.75) is 32.6 Å². The molecule has 182 valence electrons. The Hall–Kier alpha value is -4.20. The van der Waals surface area contributed by atoms with Gasteiger partial charge in [0, 0.05) is 42.2 Å². The molecule has 2 N–H and O–H groups in total. The fourth-order valence-electron chi connectivity index (χ4n) is 3.56. The molecule has 0 spiro atoms. The van der Waals surface area contributed by atoms with Crippen LogP contribution in [0.25, 0.3) is 0 Å². The van der Waals surface area contributed by atoms with Gasteiger partial charge in [-0.2, -0.15) is 0 Å². The molecule has 3 aromatic carbocycles. The molecule has 0 aliphatic heterocycles. The van der Waals surface area contributed by atoms with Crippen LogP contribution in [0.3, 0.4) is 0 Å². The van der Waals surface area contributed by atoms with E-state index in [1.807, 2.05) is 54.6 Å². The standard InChI is InChI=1S/C27H30N4O4/c1-2-3-8-21-11-13-22(14-12-21)26(32)28-19-7-20-30(24-9-5-4-6-10-24)27(33)29-23-15-17-25(18-16-23)31(34)35/h4-6,9-18H,2-3,7-8,19-20H2,1H3,(H,28,32)(H,29,33). The first-order chi connectivity index (χ1) is 17.0. The first-order valence-electron chi connectivity index (χ1n) is 11.7. The van der Waals surface area contributed by atoms with Gasteiger partial charge in [0.25, 0.3) is 11.6 Å². The van der Waals surface area contributed by atoms with Crippen LogP contribution < -0.4 is 15.5 Å². The molecule has 0 aliphatic carbocycles. The average molecular weight is 475 g/mol. The minimum Gasteiger partial charge on any atom is -0.352 e. The summed E-state index contributed by atoms with van der Waals surface area (Å²) in [6.45, 7) is 2.93. The van der Waals surface area contributed by atoms with Crippen LogP contribution in [-0.4, -0.2) is 30.0 Å². The fraction of sp³-hybridized carbons (Fsp3) is 0.259. The third-order valence-electron chi connectivity index (χ3n) is 5.52. The lowest BCUT2D eigenvalue weighted by molar-refractivity contribution is -0.384. The van der Waals surface area contributed by atoms with Gasteiger partial charge in [-0.1, -0.05) is 43.7 Å². The lowest BCUT2D eigenvalue weighted by Gasteiger charge is -2.23. The molecule has 3 amide bonds. The summed E-state index contributed by atoms with van der Waals surface area (Å²) >= 11 is 0. The van der Waals surface area contributed by atoms with Gasteiger partial charge in [-0.15, -0.1) is 0 Å². The van der Waals surface area contributed by atoms with Crippen LogP contribution in [-0.2, 0) is 6.42 Å². The van der Waals surface area contributed by atoms with Crippen molar-refractivity contribution in [3.05, 3.63) is 100 Å². The number of nitrogens with zero attached hydrogens (tertiary/aromatic N) is 2. The summed E-state index contributed by atoms with van der Waals surface area (Å²) < 4.78 is 0. The molecule has 3 rings (SSSR count). The van der Waals surface area contributed by atoms with Crippen molar-refractivity contribution in [1.82, 2.24) is 5.32 Å². The lowest BCUT2D eigenvalue weighted by Crippen LogP contribution is -2.37. The molecule has 35 heavy (non-hydrogen) atoms. The minimum absolute atomic E-state index is 0.0470. The summed E-state index contributed by atoms with van der Waals surface area (Å²) in [6, 6.07) is 22.2. The van der Waals surface area contributed by atoms with Gasteiger partial charge in [-0.25, -0.2) is 4.79 Å². The van der Waals surface area contributed by atoms with Crippen LogP contribution in [0.5, 0.6) is 0 Å². The smallest absolute Gasteiger partial charge is 0.326 e. The van der Waals surface area contributed by atoms with Gasteiger partial charge in [0.2, 0.25) is 0 Å². The Kier molecular flexibility index (Phi) is 9.36. The van der Waals surface area contributed by atoms with Crippen LogP contribution in [0, 0.1) is 10.1 Å². The molecular weight excluding hydrogens is 444 g/mol. The number of non-ortho nitro benzene ring substituents is 1. The zero-order chi connectivity index (χ0) is 25.0. The van der Waals surface area contributed by atoms with E-state index in [-0.39, 0.29) is 17.6 Å². The zero-order valence-electron chi connectivity index (χ0n) is 19.8. The van der Waals surface area contributed by atoms with Crippen molar-refractivity contribution < 1.29 is 14.5 Å². The van der Waals surface area contributed by atoms with Gasteiger partial charge in [0.1, 0.15) is 0 Å². The number of nitro benzene ring substituents is 1. The normalized spacial score (nSPS) is 10.4. The van der Waals surface area contributed by atoms with Gasteiger partial charge in [-0.3, -0.25) is 19.8 Å². The summed E-state index contributed by atoms with van der Waals surface area (Å²) in [7, 11) is 0. The number of anilines is 2. The van der Waals surface area contributed by atoms with E-state index in [1.165, 1.54) is 29.8 Å². The maximum Gasteiger partial charge on any atom is 0.326 e. The van der Waals surface area contributed by atoms with Crippen LogP contribution in [0.2, 0.25) is 0 Å². The Morgan fingerprint density at radius 2 is 1.60 bits per heavy atom. The summed E-state index contributed by atoms with van der Waals surface area (Å²) in [5.74, 6) is -0.145. The van der Waals surface area contributed by atoms with E-state index >= 15 is 0 Å². The number of amides is 3. The van der Waals surface area contributed by atoms with Crippen molar-refractivity contribution in [1.29, 1.82) is 0 Å². The number of carbonyl (C=O) groups excluding carboxylic acids is 2. The Balaban J connectivity index is 1.56. The Labute approximate surface area is 205 Å². The number of para-hydroxylation sites is 1. The molecule has 0 unspecified atom stereocenters. The number of aryl methyl sites for hydroxylation is 1. The first-order valence-corrected chi connectivity index (χ1v) is 11.7. The van der Waals surface area contributed by atoms with Gasteiger partial charge in [-0.05, 0) is 61.2 Å². The van der Waals surface area contributed by atoms with E-state index in [0.29, 0.717) is 36.4 Å². The van der Waals surface area contributed by atoms with E-state index in [9.17, 15) is 19.7 Å². The predicted molar refractivity (Wildman–Crippen MR) is 138 cm³/mol. The fourth-order valence-corrected chi connectivity index (χ4v) is 3.56. The molecule has 0 bridgehead atoms. The quantitative estimate of drug-likeness (QED) is 0.208. The van der Waals surface area contributed by atoms with Crippen LogP contribution >= 0.6 is 0 Å². The van der Waals surface area contributed by atoms with Gasteiger partial charge >= 0.3 is 6.03 Å². The zero-order valence-corrected chi connectivity index (χ0v) is 19.8. The largest absolute Gasteiger partial charge is 0.352 e. The summed E-state index contributed by atoms with van der Waals surface area (Å²) in [5, 5.41) is 16.5. The number of hydrogen-bond acceptors (Lipinski definition) is 4. The SMILES string of the molecule is CCCCc1ccc(C(=O)NCCCN(C(=O)Nc2ccc([N+](=O)[O-])cc2)c2ccccc2)cc1. The van der Waals surface area contributed by atoms with Crippen LogP contribution in [0.4, 0.5) is 21.9 Å². The third kappa shape index (κ3) is 7.67. The number of nitrogens with one attached hydrogen (secondary N) is 2. The van der Waals surface area contributed by atoms with Crippen molar-refractivity contribution in [3.8, 4) is 0 Å². The topological polar surface area (TPSA) is 105 Å². The number of hydrogen-bond donors (Lipinski definition) is 2. The second kappa shape index (κ2) is 12.9. The third-order valence-corrected chi connectivity index (χ3v) is 5.52. The van der Waals surface area contributed by atoms with Gasteiger partial charge in [0.05, 0.1) is 4.92 Å². The highest BCUT2D eigenvalue weighted by molar-refractivity contribution is 6.01. The van der Waals surface area contributed by atoms with Crippen molar-refractivity contribution >= 4 is 29.0 Å². The number of unbranched alkanes of at least 4 members (excludes halogenated alkanes) is 1. The molecule has 0 radical (unpaired) electrons. The van der Waals surface area contributed by atoms with Crippen molar-refractivity contribution in [3.63, 3.8) is 0 Å². The first kappa shape index (κ1) is 25.4. The maximum atomic E-state index is 13.0. The predicted octanol–water partition coefficient (Wildman–Crippen LogP) is 5.80. The molecule has 8 heteroatoms. The second-order valence-electron chi connectivity index (χ2n) is 8.13. The molecule has 0 atom stereocenters. The number of urea groups is 1. The molecule has 0 fully saturated rings. The molecule has 0 aromatic heterocycles. The van der Waals surface area contributed by atoms with Gasteiger partial charge < -0.3 is 10.6 Å². The number of nitro groups is 1. The highest BCUT2D eigenvalue weighted by Crippen LogP contribution is 2.19. The molecule has 0 aliphatic rings. The number of benzene rings is 3. The van der Waals surface area contributed by atoms with Crippen molar-refractivity contribution in [2.75, 3.05) is 23.3 Å². The van der Waals surface area contributed by atoms with Crippen LogP contribution in [0.15, 0.2) is 78.9 Å². The lowest BCUT2D eigenvalue weighted by atomic mass is 10.1. The number of carbonyl (C=O) groups is 2. The van der Waals surface area contributed by atoms with E-state index in [2.05, 4.69) is 17.6 Å². The van der Waals surface area contributed by atoms with Crippen molar-refractivity contribution in [2.24, 2.45) is 0 Å². The maximum absolute atomic E-state index is 13.0. The summed E-state index contributed by atoms with van der Waals surface area (Å²) in [4.78, 5) is 37.4. The van der Waals surface area contributed by atoms with Crippen LogP contribution in [0.1, 0.15) is 42.1 Å². The van der Waals surface area contributed by atoms with E-state index < -0.39 is 4.92 Å². The highest BCUT2D eigenvalue weighted by Gasteiger charge is 2.16. The monoisotopic (exact) mass is 474 g/mol. The molecule has 0 saturated carbocycles. The Morgan fingerprint density at radius 3 is 2.23 bits per heavy atom. The Bertz CT molecular complexity index is 1120. The number of rotatable bonds is 11. The average Bonchev–Trinajstić information content (AvgIpc) is 2.88. The Morgan fingerprint density at radius 1 is 0.914 bits per heavy atom. The molecule has 0 saturated heterocycles. The van der Waals surface area contributed by atoms with E-state index in [0.717, 1.165) is 19.3 Å². The molecule has 3 aromatic rings. The van der Waals surface area contributed by atoms with E-state index in [1.54, 1.807) is 4.90 Å². The molecule has 8 nitrogen and oxygen atoms in total. The van der Waals surface area contributed by atoms with E-state index in [4.69, 9.17) is 0 Å².